The first-order valence-electron chi connectivity index (χ1n) is 11.2. The first-order chi connectivity index (χ1) is 14.5. The second-order valence-corrected chi connectivity index (χ2v) is 8.33. The number of benzene rings is 2. The number of carbonyl (C=O) groups is 1. The Hall–Kier alpha value is -2.37. The molecular formula is C25H36N4O. The average Bonchev–Trinajstić information content (AvgIpc) is 2.75. The van der Waals surface area contributed by atoms with Gasteiger partial charge in [-0.15, -0.1) is 0 Å². The molecule has 5 nitrogen and oxygen atoms in total. The second-order valence-electron chi connectivity index (χ2n) is 8.33. The van der Waals surface area contributed by atoms with E-state index in [9.17, 15) is 4.79 Å². The van der Waals surface area contributed by atoms with Crippen molar-refractivity contribution in [3.05, 3.63) is 60.2 Å². The quantitative estimate of drug-likeness (QED) is 0.686. The first-order valence-corrected chi connectivity index (χ1v) is 11.2. The topological polar surface area (TPSA) is 38.8 Å². The van der Waals surface area contributed by atoms with Crippen LogP contribution in [-0.4, -0.2) is 67.6 Å². The molecular weight excluding hydrogens is 372 g/mol. The number of hydrogen-bond donors (Lipinski definition) is 1. The zero-order chi connectivity index (χ0) is 21.3. The molecule has 30 heavy (non-hydrogen) atoms. The van der Waals surface area contributed by atoms with Crippen molar-refractivity contribution >= 4 is 17.3 Å². The molecule has 1 amide bonds. The largest absolute Gasteiger partial charge is 0.369 e. The standard InChI is InChI=1S/C25H36N4O/c1-4-29(21(2)3)24-12-10-23(11-13-24)26-25(30)20-28-18-16-27(17-19-28)15-14-22-8-6-5-7-9-22/h5-13,21H,4,14-20H2,1-3H3,(H,26,30). The molecule has 0 radical (unpaired) electrons. The van der Waals surface area contributed by atoms with Gasteiger partial charge in [-0.25, -0.2) is 0 Å². The zero-order valence-electron chi connectivity index (χ0n) is 18.7. The van der Waals surface area contributed by atoms with Crippen LogP contribution in [0.1, 0.15) is 26.3 Å². The Morgan fingerprint density at radius 2 is 1.60 bits per heavy atom. The summed E-state index contributed by atoms with van der Waals surface area (Å²) in [5.41, 5.74) is 3.45. The number of nitrogens with one attached hydrogen (secondary N) is 1. The van der Waals surface area contributed by atoms with Gasteiger partial charge in [0.05, 0.1) is 6.54 Å². The maximum Gasteiger partial charge on any atom is 0.238 e. The molecule has 1 aliphatic rings. The van der Waals surface area contributed by atoms with Crippen LogP contribution in [0.3, 0.4) is 0 Å². The van der Waals surface area contributed by atoms with Gasteiger partial charge in [-0.2, -0.15) is 0 Å². The first kappa shape index (κ1) is 22.3. The molecule has 0 aromatic heterocycles. The monoisotopic (exact) mass is 408 g/mol. The van der Waals surface area contributed by atoms with E-state index in [-0.39, 0.29) is 5.91 Å². The maximum atomic E-state index is 12.5. The average molecular weight is 409 g/mol. The lowest BCUT2D eigenvalue weighted by atomic mass is 10.1. The zero-order valence-corrected chi connectivity index (χ0v) is 18.7. The molecule has 0 saturated carbocycles. The molecule has 0 atom stereocenters. The third-order valence-electron chi connectivity index (χ3n) is 5.84. The molecule has 2 aromatic carbocycles. The van der Waals surface area contributed by atoms with E-state index in [1.807, 2.05) is 12.1 Å². The van der Waals surface area contributed by atoms with Gasteiger partial charge in [0.25, 0.3) is 0 Å². The number of nitrogens with zero attached hydrogens (tertiary/aromatic N) is 3. The minimum atomic E-state index is 0.0664. The SMILES string of the molecule is CCN(c1ccc(NC(=O)CN2CCN(CCc3ccccc3)CC2)cc1)C(C)C. The lowest BCUT2D eigenvalue weighted by molar-refractivity contribution is -0.117. The normalized spacial score (nSPS) is 15.3. The van der Waals surface area contributed by atoms with Gasteiger partial charge in [0, 0.05) is 56.7 Å². The van der Waals surface area contributed by atoms with Crippen LogP contribution in [0.25, 0.3) is 0 Å². The fraction of sp³-hybridized carbons (Fsp3) is 0.480. The highest BCUT2D eigenvalue weighted by molar-refractivity contribution is 5.92. The Kier molecular flexibility index (Phi) is 8.29. The Labute approximate surface area is 181 Å². The van der Waals surface area contributed by atoms with Crippen molar-refractivity contribution in [2.75, 3.05) is 56.0 Å². The highest BCUT2D eigenvalue weighted by atomic mass is 16.2. The Balaban J connectivity index is 1.39. The van der Waals surface area contributed by atoms with Crippen molar-refractivity contribution < 1.29 is 4.79 Å². The second kappa shape index (κ2) is 11.1. The van der Waals surface area contributed by atoms with Crippen molar-refractivity contribution in [1.82, 2.24) is 9.80 Å². The molecule has 5 heteroatoms. The van der Waals surface area contributed by atoms with E-state index in [1.54, 1.807) is 0 Å². The molecule has 0 bridgehead atoms. The summed E-state index contributed by atoms with van der Waals surface area (Å²) in [4.78, 5) is 19.6. The Morgan fingerprint density at radius 1 is 0.967 bits per heavy atom. The van der Waals surface area contributed by atoms with E-state index in [1.165, 1.54) is 11.3 Å². The smallest absolute Gasteiger partial charge is 0.238 e. The molecule has 1 saturated heterocycles. The molecule has 1 aliphatic heterocycles. The summed E-state index contributed by atoms with van der Waals surface area (Å²) in [5.74, 6) is 0.0664. The summed E-state index contributed by atoms with van der Waals surface area (Å²) in [6.45, 7) is 13.0. The maximum absolute atomic E-state index is 12.5. The van der Waals surface area contributed by atoms with Gasteiger partial charge in [-0.05, 0) is 57.0 Å². The Bertz CT molecular complexity index is 767. The summed E-state index contributed by atoms with van der Waals surface area (Å²) in [7, 11) is 0. The summed E-state index contributed by atoms with van der Waals surface area (Å²) in [6, 6.07) is 19.3. The molecule has 1 fully saturated rings. The van der Waals surface area contributed by atoms with Crippen LogP contribution in [0.4, 0.5) is 11.4 Å². The molecule has 1 N–H and O–H groups in total. The van der Waals surface area contributed by atoms with E-state index in [0.29, 0.717) is 12.6 Å². The lowest BCUT2D eigenvalue weighted by Gasteiger charge is -2.34. The number of carbonyl (C=O) groups excluding carboxylic acids is 1. The van der Waals surface area contributed by atoms with Gasteiger partial charge in [-0.3, -0.25) is 9.69 Å². The predicted octanol–water partition coefficient (Wildman–Crippen LogP) is 3.72. The predicted molar refractivity (Wildman–Crippen MR) is 126 cm³/mol. The third-order valence-corrected chi connectivity index (χ3v) is 5.84. The van der Waals surface area contributed by atoms with E-state index >= 15 is 0 Å². The van der Waals surface area contributed by atoms with Crippen molar-refractivity contribution in [3.63, 3.8) is 0 Å². The molecule has 1 heterocycles. The van der Waals surface area contributed by atoms with Crippen LogP contribution >= 0.6 is 0 Å². The summed E-state index contributed by atoms with van der Waals surface area (Å²) >= 11 is 0. The molecule has 0 spiro atoms. The van der Waals surface area contributed by atoms with Crippen LogP contribution < -0.4 is 10.2 Å². The minimum absolute atomic E-state index is 0.0664. The van der Waals surface area contributed by atoms with Gasteiger partial charge in [0.15, 0.2) is 0 Å². The van der Waals surface area contributed by atoms with Gasteiger partial charge < -0.3 is 15.1 Å². The van der Waals surface area contributed by atoms with E-state index in [0.717, 1.165) is 51.4 Å². The van der Waals surface area contributed by atoms with Crippen LogP contribution in [-0.2, 0) is 11.2 Å². The van der Waals surface area contributed by atoms with Gasteiger partial charge in [0.1, 0.15) is 0 Å². The number of anilines is 2. The molecule has 0 unspecified atom stereocenters. The summed E-state index contributed by atoms with van der Waals surface area (Å²) in [6.07, 6.45) is 1.09. The number of rotatable bonds is 9. The van der Waals surface area contributed by atoms with Crippen molar-refractivity contribution in [3.8, 4) is 0 Å². The molecule has 0 aliphatic carbocycles. The third kappa shape index (κ3) is 6.57. The Morgan fingerprint density at radius 3 is 2.20 bits per heavy atom. The highest BCUT2D eigenvalue weighted by Gasteiger charge is 2.19. The minimum Gasteiger partial charge on any atom is -0.369 e. The number of hydrogen-bond acceptors (Lipinski definition) is 4. The van der Waals surface area contributed by atoms with Gasteiger partial charge in [-0.1, -0.05) is 30.3 Å². The van der Waals surface area contributed by atoms with Crippen molar-refractivity contribution in [1.29, 1.82) is 0 Å². The summed E-state index contributed by atoms with van der Waals surface area (Å²) < 4.78 is 0. The fourth-order valence-electron chi connectivity index (χ4n) is 4.09. The van der Waals surface area contributed by atoms with E-state index in [2.05, 4.69) is 83.3 Å². The summed E-state index contributed by atoms with van der Waals surface area (Å²) in [5, 5.41) is 3.05. The highest BCUT2D eigenvalue weighted by Crippen LogP contribution is 2.20. The molecule has 3 rings (SSSR count). The van der Waals surface area contributed by atoms with Crippen molar-refractivity contribution in [2.45, 2.75) is 33.2 Å². The van der Waals surface area contributed by atoms with Crippen LogP contribution in [0, 0.1) is 0 Å². The van der Waals surface area contributed by atoms with Crippen LogP contribution in [0.5, 0.6) is 0 Å². The van der Waals surface area contributed by atoms with Gasteiger partial charge in [0.2, 0.25) is 5.91 Å². The molecule has 162 valence electrons. The fourth-order valence-corrected chi connectivity index (χ4v) is 4.09. The van der Waals surface area contributed by atoms with Crippen molar-refractivity contribution in [2.24, 2.45) is 0 Å². The lowest BCUT2D eigenvalue weighted by Crippen LogP contribution is -2.49. The molecule has 2 aromatic rings. The number of amides is 1. The van der Waals surface area contributed by atoms with E-state index < -0.39 is 0 Å². The number of piperazine rings is 1. The van der Waals surface area contributed by atoms with E-state index in [4.69, 9.17) is 0 Å². The van der Waals surface area contributed by atoms with Gasteiger partial charge >= 0.3 is 0 Å². The van der Waals surface area contributed by atoms with Crippen LogP contribution in [0.15, 0.2) is 54.6 Å². The van der Waals surface area contributed by atoms with Crippen LogP contribution in [0.2, 0.25) is 0 Å².